The van der Waals surface area contributed by atoms with Gasteiger partial charge < -0.3 is 5.11 Å². The second kappa shape index (κ2) is 5.14. The van der Waals surface area contributed by atoms with Gasteiger partial charge in [-0.25, -0.2) is 0 Å². The molecule has 0 saturated carbocycles. The van der Waals surface area contributed by atoms with E-state index in [0.29, 0.717) is 17.8 Å². The maximum Gasteiger partial charge on any atom is 0.115 e. The molecule has 1 atom stereocenters. The molecule has 1 saturated heterocycles. The van der Waals surface area contributed by atoms with Crippen LogP contribution in [-0.2, 0) is 6.42 Å². The molecule has 1 N–H and O–H groups in total. The molecule has 1 fully saturated rings. The van der Waals surface area contributed by atoms with Gasteiger partial charge in [0.1, 0.15) is 5.75 Å². The molecule has 0 spiro atoms. The summed E-state index contributed by atoms with van der Waals surface area (Å²) in [6, 6.07) is 7.14. The predicted octanol–water partition coefficient (Wildman–Crippen LogP) is 2.41. The highest BCUT2D eigenvalue weighted by Crippen LogP contribution is 2.37. The Bertz CT molecular complexity index is 450. The summed E-state index contributed by atoms with van der Waals surface area (Å²) in [5, 5.41) is 9.57. The van der Waals surface area contributed by atoms with E-state index in [0.717, 1.165) is 6.42 Å². The van der Waals surface area contributed by atoms with Crippen molar-refractivity contribution in [1.82, 2.24) is 9.80 Å². The molecule has 0 radical (unpaired) electrons. The molecule has 3 rings (SSSR count). The van der Waals surface area contributed by atoms with Crippen molar-refractivity contribution in [3.8, 4) is 5.75 Å². The van der Waals surface area contributed by atoms with E-state index >= 15 is 0 Å². The summed E-state index contributed by atoms with van der Waals surface area (Å²) < 4.78 is 0. The minimum atomic E-state index is 0.407. The van der Waals surface area contributed by atoms with Gasteiger partial charge in [0.05, 0.1) is 0 Å². The smallest absolute Gasteiger partial charge is 0.115 e. The summed E-state index contributed by atoms with van der Waals surface area (Å²) in [5.41, 5.74) is 2.78. The Morgan fingerprint density at radius 2 is 1.89 bits per heavy atom. The molecule has 1 aliphatic heterocycles. The predicted molar refractivity (Wildman–Crippen MR) is 77.5 cm³/mol. The van der Waals surface area contributed by atoms with Crippen LogP contribution in [0.1, 0.15) is 37.4 Å². The molecule has 19 heavy (non-hydrogen) atoms. The van der Waals surface area contributed by atoms with E-state index < -0.39 is 0 Å². The monoisotopic (exact) mass is 260 g/mol. The first-order chi connectivity index (χ1) is 9.15. The normalized spacial score (nSPS) is 24.9. The number of phenolic OH excluding ortho intramolecular Hbond substituents is 1. The van der Waals surface area contributed by atoms with Crippen molar-refractivity contribution >= 4 is 0 Å². The molecular formula is C16H24N2O. The molecule has 3 heteroatoms. The third-order valence-corrected chi connectivity index (χ3v) is 4.69. The first kappa shape index (κ1) is 12.9. The van der Waals surface area contributed by atoms with Crippen molar-refractivity contribution in [2.24, 2.45) is 0 Å². The van der Waals surface area contributed by atoms with E-state index in [2.05, 4.69) is 29.7 Å². The number of phenols is 1. The van der Waals surface area contributed by atoms with Gasteiger partial charge in [-0.15, -0.1) is 0 Å². The van der Waals surface area contributed by atoms with Crippen LogP contribution in [0.5, 0.6) is 5.75 Å². The van der Waals surface area contributed by atoms with Gasteiger partial charge >= 0.3 is 0 Å². The minimum absolute atomic E-state index is 0.407. The molecule has 0 bridgehead atoms. The molecule has 1 aromatic rings. The second-order valence-electron chi connectivity index (χ2n) is 6.10. The van der Waals surface area contributed by atoms with E-state index in [-0.39, 0.29) is 0 Å². The van der Waals surface area contributed by atoms with Gasteiger partial charge in [0.2, 0.25) is 0 Å². The summed E-state index contributed by atoms with van der Waals surface area (Å²) in [5.74, 6) is 0.407. The Morgan fingerprint density at radius 3 is 2.58 bits per heavy atom. The number of aryl methyl sites for hydroxylation is 1. The summed E-state index contributed by atoms with van der Waals surface area (Å²) >= 11 is 0. The van der Waals surface area contributed by atoms with Gasteiger partial charge in [0.25, 0.3) is 0 Å². The zero-order valence-electron chi connectivity index (χ0n) is 12.0. The van der Waals surface area contributed by atoms with E-state index in [4.69, 9.17) is 0 Å². The number of fused-ring (bicyclic) bond motifs is 1. The highest BCUT2D eigenvalue weighted by molar-refractivity contribution is 5.40. The summed E-state index contributed by atoms with van der Waals surface area (Å²) in [6.07, 6.45) is 2.32. The molecule has 3 nitrogen and oxygen atoms in total. The summed E-state index contributed by atoms with van der Waals surface area (Å²) in [7, 11) is 0. The van der Waals surface area contributed by atoms with Crippen LogP contribution in [0.3, 0.4) is 0 Å². The zero-order valence-corrected chi connectivity index (χ0v) is 12.0. The van der Waals surface area contributed by atoms with Crippen molar-refractivity contribution in [3.63, 3.8) is 0 Å². The van der Waals surface area contributed by atoms with Crippen molar-refractivity contribution in [2.75, 3.05) is 26.2 Å². The van der Waals surface area contributed by atoms with Gasteiger partial charge in [-0.1, -0.05) is 6.07 Å². The lowest BCUT2D eigenvalue weighted by atomic mass is 10.1. The lowest BCUT2D eigenvalue weighted by Crippen LogP contribution is -2.49. The summed E-state index contributed by atoms with van der Waals surface area (Å²) in [6.45, 7) is 9.27. The Kier molecular flexibility index (Phi) is 3.50. The molecule has 1 aromatic carbocycles. The Morgan fingerprint density at radius 1 is 1.16 bits per heavy atom. The van der Waals surface area contributed by atoms with Gasteiger partial charge in [-0.3, -0.25) is 9.80 Å². The molecule has 1 aliphatic carbocycles. The van der Waals surface area contributed by atoms with Crippen LogP contribution in [0.15, 0.2) is 18.2 Å². The maximum absolute atomic E-state index is 9.57. The second-order valence-corrected chi connectivity index (χ2v) is 6.10. The topological polar surface area (TPSA) is 26.7 Å². The molecule has 1 heterocycles. The highest BCUT2D eigenvalue weighted by Gasteiger charge is 2.30. The van der Waals surface area contributed by atoms with Crippen LogP contribution in [-0.4, -0.2) is 47.1 Å². The highest BCUT2D eigenvalue weighted by atomic mass is 16.3. The van der Waals surface area contributed by atoms with Crippen LogP contribution in [0.4, 0.5) is 0 Å². The van der Waals surface area contributed by atoms with E-state index in [9.17, 15) is 5.11 Å². The lowest BCUT2D eigenvalue weighted by molar-refractivity contribution is 0.0781. The summed E-state index contributed by atoms with van der Waals surface area (Å²) in [4.78, 5) is 5.19. The number of rotatable bonds is 2. The first-order valence-electron chi connectivity index (χ1n) is 7.45. The molecule has 0 aromatic heterocycles. The van der Waals surface area contributed by atoms with Gasteiger partial charge in [0.15, 0.2) is 0 Å². The van der Waals surface area contributed by atoms with Crippen LogP contribution in [0.2, 0.25) is 0 Å². The third-order valence-electron chi connectivity index (χ3n) is 4.69. The van der Waals surface area contributed by atoms with Crippen LogP contribution >= 0.6 is 0 Å². The zero-order chi connectivity index (χ0) is 13.4. The Labute approximate surface area is 115 Å². The molecule has 1 unspecified atom stereocenters. The fraction of sp³-hybridized carbons (Fsp3) is 0.625. The van der Waals surface area contributed by atoms with E-state index in [1.807, 2.05) is 12.1 Å². The van der Waals surface area contributed by atoms with Crippen molar-refractivity contribution < 1.29 is 5.11 Å². The van der Waals surface area contributed by atoms with Crippen molar-refractivity contribution in [2.45, 2.75) is 38.8 Å². The number of piperazine rings is 1. The number of aromatic hydroxyl groups is 1. The van der Waals surface area contributed by atoms with Crippen molar-refractivity contribution in [1.29, 1.82) is 0 Å². The van der Waals surface area contributed by atoms with E-state index in [1.54, 1.807) is 0 Å². The molecule has 104 valence electrons. The number of benzene rings is 1. The number of hydrogen-bond donors (Lipinski definition) is 1. The van der Waals surface area contributed by atoms with Crippen LogP contribution < -0.4 is 0 Å². The number of nitrogens with zero attached hydrogens (tertiary/aromatic N) is 2. The average Bonchev–Trinajstić information content (AvgIpc) is 2.81. The van der Waals surface area contributed by atoms with Gasteiger partial charge in [-0.2, -0.15) is 0 Å². The van der Waals surface area contributed by atoms with Gasteiger partial charge in [0, 0.05) is 38.3 Å². The fourth-order valence-corrected chi connectivity index (χ4v) is 3.53. The standard InChI is InChI=1S/C16H24N2O/c1-12(2)17-7-9-18(10-8-17)16-6-3-13-11-14(19)4-5-15(13)16/h4-5,11-12,16,19H,3,6-10H2,1-2H3. The maximum atomic E-state index is 9.57. The SMILES string of the molecule is CC(C)N1CCN(C2CCc3cc(O)ccc32)CC1. The quantitative estimate of drug-likeness (QED) is 0.884. The van der Waals surface area contributed by atoms with Crippen LogP contribution in [0, 0.1) is 0 Å². The van der Waals surface area contributed by atoms with Gasteiger partial charge in [-0.05, 0) is 49.9 Å². The minimum Gasteiger partial charge on any atom is -0.508 e. The number of hydrogen-bond acceptors (Lipinski definition) is 3. The Hall–Kier alpha value is -1.06. The molecule has 2 aliphatic rings. The third kappa shape index (κ3) is 2.49. The Balaban J connectivity index is 1.70. The van der Waals surface area contributed by atoms with Crippen LogP contribution in [0.25, 0.3) is 0 Å². The van der Waals surface area contributed by atoms with Crippen molar-refractivity contribution in [3.05, 3.63) is 29.3 Å². The fourth-order valence-electron chi connectivity index (χ4n) is 3.53. The first-order valence-corrected chi connectivity index (χ1v) is 7.45. The lowest BCUT2D eigenvalue weighted by Gasteiger charge is -2.40. The van der Waals surface area contributed by atoms with E-state index in [1.165, 1.54) is 43.7 Å². The largest absolute Gasteiger partial charge is 0.508 e. The molecule has 0 amide bonds. The molecular weight excluding hydrogens is 236 g/mol. The average molecular weight is 260 g/mol.